The van der Waals surface area contributed by atoms with Crippen molar-refractivity contribution in [1.29, 1.82) is 0 Å². The lowest BCUT2D eigenvalue weighted by atomic mass is 10.1. The number of unbranched alkanes of at least 4 members (excludes halogenated alkanes) is 10. The van der Waals surface area contributed by atoms with Crippen LogP contribution in [0.1, 0.15) is 90.9 Å². The first-order valence-corrected chi connectivity index (χ1v) is 13.3. The van der Waals surface area contributed by atoms with Crippen molar-refractivity contribution < 1.29 is 10.2 Å². The van der Waals surface area contributed by atoms with Crippen LogP contribution in [-0.2, 0) is 0 Å². The third-order valence-electron chi connectivity index (χ3n) is 5.41. The molecule has 0 rings (SSSR count). The van der Waals surface area contributed by atoms with Gasteiger partial charge in [0.2, 0.25) is 0 Å². The molecule has 0 aromatic carbocycles. The molecule has 0 atom stereocenters. The first-order chi connectivity index (χ1) is 11.2. The minimum Gasteiger partial charge on any atom is -0.397 e. The molecule has 3 heteroatoms. The molecule has 0 aliphatic carbocycles. The zero-order valence-corrected chi connectivity index (χ0v) is 17.1. The molecule has 0 amide bonds. The molecule has 0 bridgehead atoms. The predicted molar refractivity (Wildman–Crippen MR) is 106 cm³/mol. The molecule has 0 aromatic heterocycles. The molecule has 0 aromatic rings. The van der Waals surface area contributed by atoms with Gasteiger partial charge in [-0.1, -0.05) is 103 Å². The summed E-state index contributed by atoms with van der Waals surface area (Å²) < 4.78 is 0. The van der Waals surface area contributed by atoms with Crippen LogP contribution in [0.4, 0.5) is 0 Å². The summed E-state index contributed by atoms with van der Waals surface area (Å²) in [7, 11) is -1.43. The lowest BCUT2D eigenvalue weighted by molar-refractivity contribution is 0.306. The van der Waals surface area contributed by atoms with Gasteiger partial charge in [-0.15, -0.1) is 0 Å². The number of aliphatic hydroxyl groups excluding tert-OH is 2. The predicted octanol–water partition coefficient (Wildman–Crippen LogP) is 6.14. The molecule has 2 nitrogen and oxygen atoms in total. The van der Waals surface area contributed by atoms with Crippen LogP contribution in [0.25, 0.3) is 0 Å². The van der Waals surface area contributed by atoms with E-state index < -0.39 is 8.07 Å². The summed E-state index contributed by atoms with van der Waals surface area (Å²) in [4.78, 5) is 0. The Morgan fingerprint density at radius 2 is 0.826 bits per heavy atom. The quantitative estimate of drug-likeness (QED) is 0.231. The van der Waals surface area contributed by atoms with E-state index in [9.17, 15) is 10.2 Å². The van der Waals surface area contributed by atoms with Crippen molar-refractivity contribution in [2.75, 3.05) is 13.2 Å². The first-order valence-electron chi connectivity index (χ1n) is 10.5. The van der Waals surface area contributed by atoms with E-state index in [4.69, 9.17) is 0 Å². The van der Waals surface area contributed by atoms with E-state index in [1.807, 2.05) is 0 Å². The first kappa shape index (κ1) is 23.1. The van der Waals surface area contributed by atoms with Crippen molar-refractivity contribution in [3.8, 4) is 0 Å². The molecule has 140 valence electrons. The highest BCUT2D eigenvalue weighted by Gasteiger charge is 2.30. The summed E-state index contributed by atoms with van der Waals surface area (Å²) in [6, 6.07) is 4.68. The molecule has 2 N–H and O–H groups in total. The Hall–Kier alpha value is 0.137. The van der Waals surface area contributed by atoms with Crippen molar-refractivity contribution >= 4 is 8.07 Å². The molecule has 0 fully saturated rings. The van der Waals surface area contributed by atoms with Gasteiger partial charge in [0.25, 0.3) is 0 Å². The normalized spacial score (nSPS) is 12.0. The summed E-state index contributed by atoms with van der Waals surface area (Å²) in [5.74, 6) is 0. The molecule has 0 aliphatic heterocycles. The van der Waals surface area contributed by atoms with Crippen molar-refractivity contribution in [1.82, 2.24) is 0 Å². The second-order valence-corrected chi connectivity index (χ2v) is 12.5. The van der Waals surface area contributed by atoms with Crippen LogP contribution < -0.4 is 0 Å². The van der Waals surface area contributed by atoms with Gasteiger partial charge in [0.15, 0.2) is 0 Å². The molecule has 23 heavy (non-hydrogen) atoms. The van der Waals surface area contributed by atoms with Gasteiger partial charge in [0.1, 0.15) is 0 Å². The van der Waals surface area contributed by atoms with E-state index in [0.29, 0.717) is 13.2 Å². The Labute approximate surface area is 147 Å². The second kappa shape index (κ2) is 17.0. The van der Waals surface area contributed by atoms with Crippen molar-refractivity contribution in [2.24, 2.45) is 0 Å². The van der Waals surface area contributed by atoms with Crippen LogP contribution >= 0.6 is 0 Å². The SMILES string of the molecule is CCCCCCCC[Si](CCO)(CCO)CCCCCCCC. The standard InChI is InChI=1S/C20H44O2Si/c1-3-5-7-9-11-13-17-23(19-15-21,20-16-22)18-14-12-10-8-6-4-2/h21-22H,3-20H2,1-2H3. The molecule has 0 unspecified atom stereocenters. The highest BCUT2D eigenvalue weighted by molar-refractivity contribution is 6.80. The van der Waals surface area contributed by atoms with Gasteiger partial charge in [0, 0.05) is 13.2 Å². The van der Waals surface area contributed by atoms with Gasteiger partial charge in [-0.3, -0.25) is 0 Å². The topological polar surface area (TPSA) is 40.5 Å². The van der Waals surface area contributed by atoms with Crippen LogP contribution in [0.3, 0.4) is 0 Å². The summed E-state index contributed by atoms with van der Waals surface area (Å²) >= 11 is 0. The minimum atomic E-state index is -1.43. The maximum atomic E-state index is 9.53. The Balaban J connectivity index is 4.11. The molecular formula is C20H44O2Si. The van der Waals surface area contributed by atoms with Crippen molar-refractivity contribution in [3.63, 3.8) is 0 Å². The van der Waals surface area contributed by atoms with Gasteiger partial charge >= 0.3 is 0 Å². The van der Waals surface area contributed by atoms with E-state index in [1.165, 1.54) is 89.1 Å². The van der Waals surface area contributed by atoms with Crippen molar-refractivity contribution in [3.05, 3.63) is 0 Å². The number of hydrogen-bond donors (Lipinski definition) is 2. The molecular weight excluding hydrogens is 300 g/mol. The molecule has 0 aliphatic rings. The van der Waals surface area contributed by atoms with E-state index in [2.05, 4.69) is 13.8 Å². The summed E-state index contributed by atoms with van der Waals surface area (Å²) in [6.07, 6.45) is 16.2. The largest absolute Gasteiger partial charge is 0.397 e. The Bertz CT molecular complexity index is 210. The van der Waals surface area contributed by atoms with E-state index >= 15 is 0 Å². The number of hydrogen-bond acceptors (Lipinski definition) is 2. The zero-order valence-electron chi connectivity index (χ0n) is 16.1. The van der Waals surface area contributed by atoms with Crippen LogP contribution in [0, 0.1) is 0 Å². The van der Waals surface area contributed by atoms with E-state index in [-0.39, 0.29) is 0 Å². The third kappa shape index (κ3) is 13.1. The van der Waals surface area contributed by atoms with Gasteiger partial charge in [-0.05, 0) is 12.1 Å². The lowest BCUT2D eigenvalue weighted by Gasteiger charge is -2.31. The highest BCUT2D eigenvalue weighted by Crippen LogP contribution is 2.30. The van der Waals surface area contributed by atoms with Crippen LogP contribution in [0.5, 0.6) is 0 Å². The second-order valence-electron chi connectivity index (χ2n) is 7.48. The molecule has 0 radical (unpaired) electrons. The van der Waals surface area contributed by atoms with Crippen LogP contribution in [-0.4, -0.2) is 31.5 Å². The fourth-order valence-electron chi connectivity index (χ4n) is 3.79. The van der Waals surface area contributed by atoms with Crippen LogP contribution in [0.15, 0.2) is 0 Å². The number of rotatable bonds is 18. The fraction of sp³-hybridized carbons (Fsp3) is 1.00. The maximum absolute atomic E-state index is 9.53. The van der Waals surface area contributed by atoms with Crippen molar-refractivity contribution in [2.45, 2.75) is 115 Å². The molecule has 0 saturated carbocycles. The Kier molecular flexibility index (Phi) is 17.1. The summed E-state index contributed by atoms with van der Waals surface area (Å²) in [6.45, 7) is 5.19. The average molecular weight is 345 g/mol. The maximum Gasteiger partial charge on any atom is 0.0580 e. The number of aliphatic hydroxyl groups is 2. The third-order valence-corrected chi connectivity index (χ3v) is 10.8. The van der Waals surface area contributed by atoms with E-state index in [1.54, 1.807) is 0 Å². The van der Waals surface area contributed by atoms with Gasteiger partial charge in [-0.25, -0.2) is 0 Å². The Morgan fingerprint density at radius 3 is 1.17 bits per heavy atom. The Morgan fingerprint density at radius 1 is 0.478 bits per heavy atom. The smallest absolute Gasteiger partial charge is 0.0580 e. The van der Waals surface area contributed by atoms with Gasteiger partial charge in [0.05, 0.1) is 8.07 Å². The highest BCUT2D eigenvalue weighted by atomic mass is 28.3. The summed E-state index contributed by atoms with van der Waals surface area (Å²) in [5.41, 5.74) is 0. The van der Waals surface area contributed by atoms with Gasteiger partial charge < -0.3 is 10.2 Å². The zero-order chi connectivity index (χ0) is 17.2. The summed E-state index contributed by atoms with van der Waals surface area (Å²) in [5, 5.41) is 19.1. The molecule has 0 spiro atoms. The molecule has 0 heterocycles. The average Bonchev–Trinajstić information content (AvgIpc) is 2.54. The van der Waals surface area contributed by atoms with Crippen LogP contribution in [0.2, 0.25) is 24.2 Å². The molecule has 0 saturated heterocycles. The minimum absolute atomic E-state index is 0.331. The van der Waals surface area contributed by atoms with E-state index in [0.717, 1.165) is 12.1 Å². The lowest BCUT2D eigenvalue weighted by Crippen LogP contribution is -2.36. The van der Waals surface area contributed by atoms with Gasteiger partial charge in [-0.2, -0.15) is 0 Å². The fourth-order valence-corrected chi connectivity index (χ4v) is 8.23. The monoisotopic (exact) mass is 344 g/mol.